The molecule has 0 aliphatic rings. The molecule has 0 aliphatic heterocycles. The van der Waals surface area contributed by atoms with Crippen molar-refractivity contribution in [3.05, 3.63) is 35.9 Å². The average molecular weight is 191 g/mol. The molecule has 0 fully saturated rings. The molecule has 0 bridgehead atoms. The molecule has 74 valence electrons. The van der Waals surface area contributed by atoms with Gasteiger partial charge in [0.2, 0.25) is 11.8 Å². The van der Waals surface area contributed by atoms with Gasteiger partial charge in [0.25, 0.3) is 0 Å². The molecule has 3 nitrogen and oxygen atoms in total. The summed E-state index contributed by atoms with van der Waals surface area (Å²) in [5.41, 5.74) is 0.824. The normalized spacial score (nSPS) is 11.1. The van der Waals surface area contributed by atoms with Gasteiger partial charge >= 0.3 is 0 Å². The maximum atomic E-state index is 10.8. The Hall–Kier alpha value is -1.64. The van der Waals surface area contributed by atoms with E-state index in [4.69, 9.17) is 4.74 Å². The lowest BCUT2D eigenvalue weighted by molar-refractivity contribution is -0.115. The lowest BCUT2D eigenvalue weighted by atomic mass is 10.2. The summed E-state index contributed by atoms with van der Waals surface area (Å²) in [5, 5.41) is 0. The minimum atomic E-state index is -0.252. The van der Waals surface area contributed by atoms with Gasteiger partial charge in [0.1, 0.15) is 0 Å². The van der Waals surface area contributed by atoms with Crippen molar-refractivity contribution in [2.75, 3.05) is 6.61 Å². The van der Waals surface area contributed by atoms with Crippen LogP contribution in [0.25, 0.3) is 0 Å². The molecule has 0 N–H and O–H groups in total. The Morgan fingerprint density at radius 2 is 2.00 bits per heavy atom. The first-order valence-corrected chi connectivity index (χ1v) is 4.51. The molecule has 0 heterocycles. The van der Waals surface area contributed by atoms with Crippen LogP contribution in [0.3, 0.4) is 0 Å². The van der Waals surface area contributed by atoms with E-state index in [-0.39, 0.29) is 5.91 Å². The van der Waals surface area contributed by atoms with E-state index in [9.17, 15) is 4.79 Å². The summed E-state index contributed by atoms with van der Waals surface area (Å²) in [5.74, 6) is 0.137. The van der Waals surface area contributed by atoms with Crippen LogP contribution in [0.15, 0.2) is 35.3 Å². The van der Waals surface area contributed by atoms with Crippen LogP contribution in [-0.4, -0.2) is 18.4 Å². The number of ether oxygens (including phenoxy) is 1. The number of benzene rings is 1. The smallest absolute Gasteiger partial charge is 0.245 e. The number of nitrogens with zero attached hydrogens (tertiary/aromatic N) is 1. The van der Waals surface area contributed by atoms with E-state index >= 15 is 0 Å². The standard InChI is InChI=1S/C11H13NO2/c1-3-14-11(12-9(2)13)10-7-5-4-6-8-10/h4-8H,3H2,1-2H3. The van der Waals surface area contributed by atoms with Crippen LogP contribution >= 0.6 is 0 Å². The highest BCUT2D eigenvalue weighted by Crippen LogP contribution is 2.02. The monoisotopic (exact) mass is 191 g/mol. The molecule has 0 aliphatic carbocycles. The fraction of sp³-hybridized carbons (Fsp3) is 0.273. The quantitative estimate of drug-likeness (QED) is 0.530. The Labute approximate surface area is 83.4 Å². The third-order valence-electron chi connectivity index (χ3n) is 1.56. The Balaban J connectivity index is 2.94. The predicted molar refractivity (Wildman–Crippen MR) is 55.3 cm³/mol. The third kappa shape index (κ3) is 3.01. The third-order valence-corrected chi connectivity index (χ3v) is 1.56. The van der Waals surface area contributed by atoms with Crippen LogP contribution < -0.4 is 0 Å². The van der Waals surface area contributed by atoms with Crippen LogP contribution in [0.4, 0.5) is 0 Å². The molecule has 3 heteroatoms. The average Bonchev–Trinajstić information content (AvgIpc) is 2.18. The van der Waals surface area contributed by atoms with Crippen molar-refractivity contribution in [2.45, 2.75) is 13.8 Å². The van der Waals surface area contributed by atoms with Crippen LogP contribution in [0.1, 0.15) is 19.4 Å². The van der Waals surface area contributed by atoms with Crippen molar-refractivity contribution in [1.29, 1.82) is 0 Å². The molecule has 0 saturated carbocycles. The molecular weight excluding hydrogens is 178 g/mol. The van der Waals surface area contributed by atoms with E-state index in [1.54, 1.807) is 0 Å². The first-order chi connectivity index (χ1) is 6.74. The molecule has 0 spiro atoms. The summed E-state index contributed by atoms with van der Waals surface area (Å²) >= 11 is 0. The van der Waals surface area contributed by atoms with Crippen LogP contribution in [-0.2, 0) is 9.53 Å². The number of rotatable bonds is 2. The zero-order valence-electron chi connectivity index (χ0n) is 8.36. The summed E-state index contributed by atoms with van der Waals surface area (Å²) in [4.78, 5) is 14.6. The highest BCUT2D eigenvalue weighted by atomic mass is 16.5. The first kappa shape index (κ1) is 10.4. The molecule has 0 unspecified atom stereocenters. The maximum Gasteiger partial charge on any atom is 0.245 e. The van der Waals surface area contributed by atoms with Crippen LogP contribution in [0.5, 0.6) is 0 Å². The summed E-state index contributed by atoms with van der Waals surface area (Å²) in [6, 6.07) is 9.38. The van der Waals surface area contributed by atoms with E-state index in [0.29, 0.717) is 12.5 Å². The molecule has 1 aromatic rings. The van der Waals surface area contributed by atoms with Gasteiger partial charge in [-0.25, -0.2) is 0 Å². The highest BCUT2D eigenvalue weighted by molar-refractivity contribution is 6.00. The maximum absolute atomic E-state index is 10.8. The van der Waals surface area contributed by atoms with Crippen molar-refractivity contribution < 1.29 is 9.53 Å². The fourth-order valence-corrected chi connectivity index (χ4v) is 1.04. The van der Waals surface area contributed by atoms with Gasteiger partial charge in [-0.15, -0.1) is 0 Å². The summed E-state index contributed by atoms with van der Waals surface area (Å²) in [6.45, 7) is 3.77. The Kier molecular flexibility index (Phi) is 3.85. The van der Waals surface area contributed by atoms with Gasteiger partial charge in [-0.05, 0) is 19.1 Å². The van der Waals surface area contributed by atoms with Crippen molar-refractivity contribution in [1.82, 2.24) is 0 Å². The molecule has 0 atom stereocenters. The van der Waals surface area contributed by atoms with Crippen molar-refractivity contribution in [3.8, 4) is 0 Å². The molecule has 14 heavy (non-hydrogen) atoms. The zero-order valence-corrected chi connectivity index (χ0v) is 8.36. The molecule has 1 amide bonds. The summed E-state index contributed by atoms with van der Waals surface area (Å²) in [6.07, 6.45) is 0. The Bertz CT molecular complexity index is 330. The Morgan fingerprint density at radius 3 is 2.50 bits per heavy atom. The highest BCUT2D eigenvalue weighted by Gasteiger charge is 2.03. The first-order valence-electron chi connectivity index (χ1n) is 4.51. The fourth-order valence-electron chi connectivity index (χ4n) is 1.04. The van der Waals surface area contributed by atoms with E-state index in [0.717, 1.165) is 5.56 Å². The van der Waals surface area contributed by atoms with Gasteiger partial charge < -0.3 is 4.74 Å². The number of hydrogen-bond donors (Lipinski definition) is 0. The molecule has 1 aromatic carbocycles. The van der Waals surface area contributed by atoms with Gasteiger partial charge in [-0.2, -0.15) is 4.99 Å². The predicted octanol–water partition coefficient (Wildman–Crippen LogP) is 2.02. The molecule has 0 saturated heterocycles. The van der Waals surface area contributed by atoms with Gasteiger partial charge in [0, 0.05) is 12.5 Å². The Morgan fingerprint density at radius 1 is 1.36 bits per heavy atom. The van der Waals surface area contributed by atoms with Crippen molar-refractivity contribution >= 4 is 11.8 Å². The van der Waals surface area contributed by atoms with Gasteiger partial charge in [-0.1, -0.05) is 18.2 Å². The molecule has 1 rings (SSSR count). The number of hydrogen-bond acceptors (Lipinski definition) is 2. The van der Waals surface area contributed by atoms with Crippen LogP contribution in [0, 0.1) is 0 Å². The van der Waals surface area contributed by atoms with Crippen LogP contribution in [0.2, 0.25) is 0 Å². The second-order valence-electron chi connectivity index (χ2n) is 2.74. The van der Waals surface area contributed by atoms with Gasteiger partial charge in [0.15, 0.2) is 0 Å². The number of carbonyl (C=O) groups is 1. The second-order valence-corrected chi connectivity index (χ2v) is 2.74. The molecule has 0 aromatic heterocycles. The van der Waals surface area contributed by atoms with E-state index in [2.05, 4.69) is 4.99 Å². The lowest BCUT2D eigenvalue weighted by Crippen LogP contribution is -2.08. The number of carbonyl (C=O) groups excluding carboxylic acids is 1. The number of aliphatic imine (C=N–C) groups is 1. The van der Waals surface area contributed by atoms with Crippen molar-refractivity contribution in [3.63, 3.8) is 0 Å². The van der Waals surface area contributed by atoms with Crippen molar-refractivity contribution in [2.24, 2.45) is 4.99 Å². The number of amides is 1. The van der Waals surface area contributed by atoms with E-state index in [1.807, 2.05) is 37.3 Å². The van der Waals surface area contributed by atoms with Gasteiger partial charge in [-0.3, -0.25) is 4.79 Å². The van der Waals surface area contributed by atoms with E-state index in [1.165, 1.54) is 6.92 Å². The van der Waals surface area contributed by atoms with Gasteiger partial charge in [0.05, 0.1) is 6.61 Å². The zero-order chi connectivity index (χ0) is 10.4. The topological polar surface area (TPSA) is 38.7 Å². The minimum Gasteiger partial charge on any atom is -0.477 e. The summed E-state index contributed by atoms with van der Waals surface area (Å²) < 4.78 is 5.27. The minimum absolute atomic E-state index is 0.252. The molecular formula is C11H13NO2. The summed E-state index contributed by atoms with van der Waals surface area (Å²) in [7, 11) is 0. The lowest BCUT2D eigenvalue weighted by Gasteiger charge is -2.05. The largest absolute Gasteiger partial charge is 0.477 e. The van der Waals surface area contributed by atoms with E-state index < -0.39 is 0 Å². The molecule has 0 radical (unpaired) electrons. The second kappa shape index (κ2) is 5.17. The SMILES string of the molecule is CCOC(=NC(C)=O)c1ccccc1.